The van der Waals surface area contributed by atoms with Crippen molar-refractivity contribution in [3.8, 4) is 0 Å². The van der Waals surface area contributed by atoms with E-state index in [2.05, 4.69) is 23.8 Å². The van der Waals surface area contributed by atoms with Gasteiger partial charge in [-0.1, -0.05) is 6.92 Å². The number of hydrogen-bond donors (Lipinski definition) is 2. The molecular weight excluding hydrogens is 176 g/mol. The van der Waals surface area contributed by atoms with Crippen molar-refractivity contribution < 1.29 is 0 Å². The summed E-state index contributed by atoms with van der Waals surface area (Å²) >= 11 is 0. The highest BCUT2D eigenvalue weighted by Crippen LogP contribution is 2.09. The first kappa shape index (κ1) is 11.5. The fourth-order valence-corrected chi connectivity index (χ4v) is 1.78. The molecule has 0 aromatic heterocycles. The van der Waals surface area contributed by atoms with Gasteiger partial charge in [-0.2, -0.15) is 0 Å². The van der Waals surface area contributed by atoms with Gasteiger partial charge in [-0.3, -0.25) is 10.3 Å². The first-order valence-electron chi connectivity index (χ1n) is 5.27. The molecule has 14 heavy (non-hydrogen) atoms. The number of amidine groups is 1. The maximum atomic E-state index is 7.35. The van der Waals surface area contributed by atoms with Crippen molar-refractivity contribution in [1.82, 2.24) is 9.80 Å². The topological polar surface area (TPSA) is 56.4 Å². The maximum absolute atomic E-state index is 7.35. The van der Waals surface area contributed by atoms with E-state index < -0.39 is 0 Å². The lowest BCUT2D eigenvalue weighted by Gasteiger charge is -2.38. The molecule has 3 N–H and O–H groups in total. The largest absolute Gasteiger partial charge is 0.387 e. The van der Waals surface area contributed by atoms with Crippen molar-refractivity contribution in [3.63, 3.8) is 0 Å². The van der Waals surface area contributed by atoms with Crippen molar-refractivity contribution in [1.29, 1.82) is 5.41 Å². The number of nitrogens with zero attached hydrogens (tertiary/aromatic N) is 2. The maximum Gasteiger partial charge on any atom is 0.0947 e. The fourth-order valence-electron chi connectivity index (χ4n) is 1.78. The van der Waals surface area contributed by atoms with Gasteiger partial charge in [0.1, 0.15) is 0 Å². The van der Waals surface area contributed by atoms with Crippen LogP contribution >= 0.6 is 0 Å². The number of nitrogens with two attached hydrogens (primary N) is 1. The molecule has 1 aliphatic rings. The van der Waals surface area contributed by atoms with Gasteiger partial charge in [0.25, 0.3) is 0 Å². The molecule has 0 spiro atoms. The van der Waals surface area contributed by atoms with Crippen LogP contribution in [0.4, 0.5) is 0 Å². The molecule has 0 amide bonds. The van der Waals surface area contributed by atoms with Gasteiger partial charge in [0, 0.05) is 38.1 Å². The van der Waals surface area contributed by atoms with Crippen LogP contribution in [0, 0.1) is 11.3 Å². The summed E-state index contributed by atoms with van der Waals surface area (Å²) in [4.78, 5) is 4.77. The zero-order valence-electron chi connectivity index (χ0n) is 9.45. The molecule has 0 aromatic rings. The lowest BCUT2D eigenvalue weighted by Crippen LogP contribution is -2.51. The average Bonchev–Trinajstić information content (AvgIpc) is 2.11. The first-order valence-corrected chi connectivity index (χ1v) is 5.27. The minimum Gasteiger partial charge on any atom is -0.387 e. The van der Waals surface area contributed by atoms with E-state index in [1.54, 1.807) is 0 Å². The summed E-state index contributed by atoms with van der Waals surface area (Å²) in [6, 6.07) is 0.614. The lowest BCUT2D eigenvalue weighted by molar-refractivity contribution is 0.100. The predicted octanol–water partition coefficient (Wildman–Crippen LogP) is 0.194. The Morgan fingerprint density at radius 1 is 1.57 bits per heavy atom. The standard InChI is InChI=1S/C10H22N4/c1-8(10(11)12)6-14-5-4-13(3)9(2)7-14/h8-9H,4-7H2,1-3H3,(H3,11,12). The Bertz CT molecular complexity index is 204. The van der Waals surface area contributed by atoms with Crippen molar-refractivity contribution >= 4 is 5.84 Å². The van der Waals surface area contributed by atoms with Crippen LogP contribution < -0.4 is 5.73 Å². The molecule has 0 aliphatic carbocycles. The summed E-state index contributed by atoms with van der Waals surface area (Å²) in [5.74, 6) is 0.488. The van der Waals surface area contributed by atoms with Crippen LogP contribution in [-0.2, 0) is 0 Å². The van der Waals surface area contributed by atoms with Gasteiger partial charge in [0.15, 0.2) is 0 Å². The average molecular weight is 198 g/mol. The van der Waals surface area contributed by atoms with E-state index in [9.17, 15) is 0 Å². The number of hydrogen-bond acceptors (Lipinski definition) is 3. The Morgan fingerprint density at radius 3 is 2.71 bits per heavy atom. The molecular formula is C10H22N4. The van der Waals surface area contributed by atoms with Crippen LogP contribution in [0.15, 0.2) is 0 Å². The van der Waals surface area contributed by atoms with E-state index in [0.717, 1.165) is 26.2 Å². The summed E-state index contributed by atoms with van der Waals surface area (Å²) in [6.07, 6.45) is 0. The van der Waals surface area contributed by atoms with E-state index in [-0.39, 0.29) is 5.92 Å². The highest BCUT2D eigenvalue weighted by atomic mass is 15.3. The molecule has 0 bridgehead atoms. The van der Waals surface area contributed by atoms with Crippen LogP contribution in [0.1, 0.15) is 13.8 Å². The molecule has 0 aromatic carbocycles. The predicted molar refractivity (Wildman–Crippen MR) is 59.6 cm³/mol. The Morgan fingerprint density at radius 2 is 2.21 bits per heavy atom. The lowest BCUT2D eigenvalue weighted by atomic mass is 10.1. The summed E-state index contributed by atoms with van der Waals surface area (Å²) in [7, 11) is 2.16. The molecule has 1 saturated heterocycles. The Labute approximate surface area is 86.6 Å². The molecule has 2 atom stereocenters. The van der Waals surface area contributed by atoms with E-state index in [1.165, 1.54) is 0 Å². The zero-order valence-corrected chi connectivity index (χ0v) is 9.45. The Kier molecular flexibility index (Phi) is 3.89. The van der Waals surface area contributed by atoms with Crippen LogP contribution in [0.25, 0.3) is 0 Å². The number of rotatable bonds is 3. The third-order valence-electron chi connectivity index (χ3n) is 3.11. The number of likely N-dealkylation sites (N-methyl/N-ethyl adjacent to an activating group) is 1. The van der Waals surface area contributed by atoms with Gasteiger partial charge in [0.2, 0.25) is 0 Å². The molecule has 1 aliphatic heterocycles. The molecule has 82 valence electrons. The first-order chi connectivity index (χ1) is 6.50. The van der Waals surface area contributed by atoms with Crippen LogP contribution in [0.3, 0.4) is 0 Å². The van der Waals surface area contributed by atoms with Gasteiger partial charge in [-0.25, -0.2) is 0 Å². The van der Waals surface area contributed by atoms with Crippen molar-refractivity contribution in [2.45, 2.75) is 19.9 Å². The smallest absolute Gasteiger partial charge is 0.0947 e. The number of piperazine rings is 1. The summed E-state index contributed by atoms with van der Waals surface area (Å²) in [5, 5.41) is 7.35. The molecule has 0 saturated carbocycles. The van der Waals surface area contributed by atoms with Gasteiger partial charge in [0.05, 0.1) is 5.84 Å². The van der Waals surface area contributed by atoms with Crippen molar-refractivity contribution in [2.24, 2.45) is 11.7 Å². The molecule has 0 radical (unpaired) electrons. The highest BCUT2D eigenvalue weighted by Gasteiger charge is 2.22. The second-order valence-electron chi connectivity index (χ2n) is 4.45. The highest BCUT2D eigenvalue weighted by molar-refractivity contribution is 5.79. The third-order valence-corrected chi connectivity index (χ3v) is 3.11. The van der Waals surface area contributed by atoms with Crippen LogP contribution in [0.5, 0.6) is 0 Å². The monoisotopic (exact) mass is 198 g/mol. The van der Waals surface area contributed by atoms with Gasteiger partial charge in [-0.15, -0.1) is 0 Å². The molecule has 4 nitrogen and oxygen atoms in total. The van der Waals surface area contributed by atoms with E-state index in [4.69, 9.17) is 11.1 Å². The second-order valence-corrected chi connectivity index (χ2v) is 4.45. The SMILES string of the molecule is CC(CN1CCN(C)C(C)C1)C(=N)N. The van der Waals surface area contributed by atoms with E-state index in [1.807, 2.05) is 6.92 Å². The molecule has 1 rings (SSSR count). The van der Waals surface area contributed by atoms with Crippen LogP contribution in [0.2, 0.25) is 0 Å². The quantitative estimate of drug-likeness (QED) is 0.503. The van der Waals surface area contributed by atoms with Crippen LogP contribution in [-0.4, -0.2) is 54.9 Å². The Balaban J connectivity index is 2.36. The molecule has 1 fully saturated rings. The minimum atomic E-state index is 0.186. The summed E-state index contributed by atoms with van der Waals surface area (Å²) in [6.45, 7) is 8.49. The molecule has 4 heteroatoms. The number of nitrogens with one attached hydrogen (secondary N) is 1. The van der Waals surface area contributed by atoms with Gasteiger partial charge >= 0.3 is 0 Å². The van der Waals surface area contributed by atoms with Crippen molar-refractivity contribution in [2.75, 3.05) is 33.2 Å². The molecule has 1 heterocycles. The normalized spacial score (nSPS) is 27.5. The summed E-state index contributed by atoms with van der Waals surface area (Å²) < 4.78 is 0. The fraction of sp³-hybridized carbons (Fsp3) is 0.900. The third kappa shape index (κ3) is 2.96. The summed E-state index contributed by atoms with van der Waals surface area (Å²) in [5.41, 5.74) is 5.46. The van der Waals surface area contributed by atoms with E-state index >= 15 is 0 Å². The van der Waals surface area contributed by atoms with Gasteiger partial charge < -0.3 is 10.6 Å². The zero-order chi connectivity index (χ0) is 10.7. The van der Waals surface area contributed by atoms with Crippen molar-refractivity contribution in [3.05, 3.63) is 0 Å². The van der Waals surface area contributed by atoms with Gasteiger partial charge in [-0.05, 0) is 14.0 Å². The van der Waals surface area contributed by atoms with E-state index in [0.29, 0.717) is 11.9 Å². The Hall–Kier alpha value is -0.610. The molecule has 2 unspecified atom stereocenters. The second kappa shape index (κ2) is 4.75. The minimum absolute atomic E-state index is 0.186.